The molecule has 2 unspecified atom stereocenters. The van der Waals surface area contributed by atoms with Crippen molar-refractivity contribution in [3.63, 3.8) is 0 Å². The number of rotatable bonds is 6. The summed E-state index contributed by atoms with van der Waals surface area (Å²) in [5.74, 6) is 0.674. The fourth-order valence-corrected chi connectivity index (χ4v) is 2.79. The Morgan fingerprint density at radius 1 is 1.04 bits per heavy atom. The second kappa shape index (κ2) is 8.19. The van der Waals surface area contributed by atoms with E-state index in [0.717, 1.165) is 28.9 Å². The molecule has 0 saturated heterocycles. The maximum Gasteiger partial charge on any atom is 0.261 e. The van der Waals surface area contributed by atoms with Crippen LogP contribution in [-0.2, 0) is 4.79 Å². The zero-order valence-electron chi connectivity index (χ0n) is 16.1. The number of amides is 1. The maximum absolute atomic E-state index is 12.6. The highest BCUT2D eigenvalue weighted by molar-refractivity contribution is 5.81. The average molecular weight is 339 g/mol. The van der Waals surface area contributed by atoms with Crippen LogP contribution in [0.15, 0.2) is 36.4 Å². The normalized spacial score (nSPS) is 13.2. The smallest absolute Gasteiger partial charge is 0.261 e. The molecule has 2 aromatic carbocycles. The van der Waals surface area contributed by atoms with Gasteiger partial charge in [-0.15, -0.1) is 0 Å². The molecule has 2 atom stereocenters. The number of aryl methyl sites for hydroxylation is 3. The van der Waals surface area contributed by atoms with Crippen LogP contribution in [0.1, 0.15) is 54.1 Å². The first-order valence-electron chi connectivity index (χ1n) is 8.93. The van der Waals surface area contributed by atoms with Gasteiger partial charge >= 0.3 is 0 Å². The lowest BCUT2D eigenvalue weighted by Gasteiger charge is -2.22. The Hall–Kier alpha value is -2.29. The molecule has 25 heavy (non-hydrogen) atoms. The minimum absolute atomic E-state index is 0.00328. The summed E-state index contributed by atoms with van der Waals surface area (Å²) in [4.78, 5) is 12.6. The van der Waals surface area contributed by atoms with Crippen molar-refractivity contribution in [3.8, 4) is 5.75 Å². The Bertz CT molecular complexity index is 752. The van der Waals surface area contributed by atoms with Gasteiger partial charge in [0.15, 0.2) is 6.10 Å². The third-order valence-corrected chi connectivity index (χ3v) is 4.89. The summed E-state index contributed by atoms with van der Waals surface area (Å²) in [6.07, 6.45) is 0.297. The summed E-state index contributed by atoms with van der Waals surface area (Å²) in [7, 11) is 0. The molecule has 0 aliphatic carbocycles. The van der Waals surface area contributed by atoms with Gasteiger partial charge in [-0.1, -0.05) is 37.3 Å². The number of carbonyl (C=O) groups is 1. The molecule has 0 fully saturated rings. The van der Waals surface area contributed by atoms with Gasteiger partial charge in [-0.2, -0.15) is 0 Å². The monoisotopic (exact) mass is 339 g/mol. The van der Waals surface area contributed by atoms with Crippen molar-refractivity contribution in [2.24, 2.45) is 0 Å². The number of ether oxygens (including phenoxy) is 1. The predicted octanol–water partition coefficient (Wildman–Crippen LogP) is 4.96. The van der Waals surface area contributed by atoms with E-state index in [1.165, 1.54) is 11.1 Å². The average Bonchev–Trinajstić information content (AvgIpc) is 2.59. The zero-order chi connectivity index (χ0) is 18.6. The molecule has 0 heterocycles. The molecule has 1 amide bonds. The van der Waals surface area contributed by atoms with Crippen LogP contribution in [0.3, 0.4) is 0 Å². The first-order chi connectivity index (χ1) is 11.8. The van der Waals surface area contributed by atoms with Crippen molar-refractivity contribution in [2.75, 3.05) is 0 Å². The van der Waals surface area contributed by atoms with E-state index in [0.29, 0.717) is 0 Å². The van der Waals surface area contributed by atoms with Crippen molar-refractivity contribution >= 4 is 5.91 Å². The molecule has 134 valence electrons. The Balaban J connectivity index is 2.08. The molecule has 2 rings (SSSR count). The van der Waals surface area contributed by atoms with Crippen LogP contribution in [0, 0.1) is 27.7 Å². The summed E-state index contributed by atoms with van der Waals surface area (Å²) in [6, 6.07) is 12.2. The molecule has 0 spiro atoms. The Labute approximate surface area is 151 Å². The van der Waals surface area contributed by atoms with Gasteiger partial charge in [-0.25, -0.2) is 0 Å². The van der Waals surface area contributed by atoms with Crippen molar-refractivity contribution < 1.29 is 9.53 Å². The minimum atomic E-state index is -0.541. The fraction of sp³-hybridized carbons (Fsp3) is 0.409. The lowest BCUT2D eigenvalue weighted by Crippen LogP contribution is -2.38. The summed E-state index contributed by atoms with van der Waals surface area (Å²) < 4.78 is 5.90. The van der Waals surface area contributed by atoms with E-state index in [9.17, 15) is 4.79 Å². The third kappa shape index (κ3) is 4.62. The quantitative estimate of drug-likeness (QED) is 0.808. The molecule has 0 bridgehead atoms. The van der Waals surface area contributed by atoms with Gasteiger partial charge in [-0.05, 0) is 74.9 Å². The van der Waals surface area contributed by atoms with Crippen LogP contribution in [-0.4, -0.2) is 12.0 Å². The van der Waals surface area contributed by atoms with Crippen LogP contribution >= 0.6 is 0 Å². The minimum Gasteiger partial charge on any atom is -0.481 e. The summed E-state index contributed by atoms with van der Waals surface area (Å²) >= 11 is 0. The molecule has 0 aromatic heterocycles. The van der Waals surface area contributed by atoms with Crippen LogP contribution in [0.25, 0.3) is 0 Å². The maximum atomic E-state index is 12.6. The number of hydrogen-bond acceptors (Lipinski definition) is 2. The molecule has 1 N–H and O–H groups in total. The van der Waals surface area contributed by atoms with E-state index >= 15 is 0 Å². The lowest BCUT2D eigenvalue weighted by atomic mass is 9.99. The standard InChI is InChI=1S/C22H29NO2/c1-7-20(19-12-11-14(2)16(4)13-19)23-22(24)18(6)25-21-10-8-9-15(3)17(21)5/h8-13,18,20H,7H2,1-6H3,(H,23,24). The SMILES string of the molecule is CCC(NC(=O)C(C)Oc1cccc(C)c1C)c1ccc(C)c(C)c1. The Morgan fingerprint density at radius 3 is 2.40 bits per heavy atom. The third-order valence-electron chi connectivity index (χ3n) is 4.89. The highest BCUT2D eigenvalue weighted by Gasteiger charge is 2.20. The summed E-state index contributed by atoms with van der Waals surface area (Å²) in [5.41, 5.74) is 5.87. The largest absolute Gasteiger partial charge is 0.481 e. The van der Waals surface area contributed by atoms with E-state index in [1.807, 2.05) is 32.0 Å². The van der Waals surface area contributed by atoms with Gasteiger partial charge in [0.2, 0.25) is 0 Å². The van der Waals surface area contributed by atoms with Gasteiger partial charge in [0.25, 0.3) is 5.91 Å². The van der Waals surface area contributed by atoms with E-state index in [4.69, 9.17) is 4.74 Å². The second-order valence-electron chi connectivity index (χ2n) is 6.77. The highest BCUT2D eigenvalue weighted by atomic mass is 16.5. The molecular formula is C22H29NO2. The Kier molecular flexibility index (Phi) is 6.24. The molecule has 3 heteroatoms. The van der Waals surface area contributed by atoms with E-state index < -0.39 is 6.10 Å². The van der Waals surface area contributed by atoms with Crippen molar-refractivity contribution in [1.82, 2.24) is 5.32 Å². The number of benzene rings is 2. The number of hydrogen-bond donors (Lipinski definition) is 1. The van der Waals surface area contributed by atoms with Gasteiger partial charge in [0.05, 0.1) is 6.04 Å². The lowest BCUT2D eigenvalue weighted by molar-refractivity contribution is -0.128. The number of nitrogens with one attached hydrogen (secondary N) is 1. The highest BCUT2D eigenvalue weighted by Crippen LogP contribution is 2.23. The van der Waals surface area contributed by atoms with Crippen molar-refractivity contribution in [1.29, 1.82) is 0 Å². The Morgan fingerprint density at radius 2 is 1.76 bits per heavy atom. The van der Waals surface area contributed by atoms with Gasteiger partial charge in [-0.3, -0.25) is 4.79 Å². The molecule has 0 radical (unpaired) electrons. The van der Waals surface area contributed by atoms with Crippen LogP contribution in [0.4, 0.5) is 0 Å². The summed E-state index contributed by atoms with van der Waals surface area (Å²) in [5, 5.41) is 3.12. The second-order valence-corrected chi connectivity index (χ2v) is 6.77. The molecule has 0 aliphatic rings. The van der Waals surface area contributed by atoms with Crippen molar-refractivity contribution in [2.45, 2.75) is 60.1 Å². The molecular weight excluding hydrogens is 310 g/mol. The fourth-order valence-electron chi connectivity index (χ4n) is 2.79. The van der Waals surface area contributed by atoms with Crippen LogP contribution in [0.5, 0.6) is 5.75 Å². The first kappa shape index (κ1) is 19.0. The van der Waals surface area contributed by atoms with Gasteiger partial charge in [0.1, 0.15) is 5.75 Å². The predicted molar refractivity (Wildman–Crippen MR) is 103 cm³/mol. The van der Waals surface area contributed by atoms with Gasteiger partial charge < -0.3 is 10.1 Å². The topological polar surface area (TPSA) is 38.3 Å². The van der Waals surface area contributed by atoms with E-state index in [2.05, 4.69) is 44.3 Å². The molecule has 0 aliphatic heterocycles. The molecule has 3 nitrogen and oxygen atoms in total. The summed E-state index contributed by atoms with van der Waals surface area (Å²) in [6.45, 7) is 12.1. The van der Waals surface area contributed by atoms with Crippen LogP contribution < -0.4 is 10.1 Å². The first-order valence-corrected chi connectivity index (χ1v) is 8.93. The van der Waals surface area contributed by atoms with E-state index in [1.54, 1.807) is 6.92 Å². The van der Waals surface area contributed by atoms with Crippen LogP contribution in [0.2, 0.25) is 0 Å². The molecule has 2 aromatic rings. The van der Waals surface area contributed by atoms with Gasteiger partial charge in [0, 0.05) is 0 Å². The molecule has 0 saturated carbocycles. The van der Waals surface area contributed by atoms with E-state index in [-0.39, 0.29) is 11.9 Å². The van der Waals surface area contributed by atoms with Crippen molar-refractivity contribution in [3.05, 3.63) is 64.2 Å². The number of carbonyl (C=O) groups excluding carboxylic acids is 1. The zero-order valence-corrected chi connectivity index (χ0v) is 16.1.